The van der Waals surface area contributed by atoms with E-state index < -0.39 is 0 Å². The Kier molecular flexibility index (Phi) is 3.63. The first kappa shape index (κ1) is 13.4. The van der Waals surface area contributed by atoms with Crippen LogP contribution in [0.15, 0.2) is 27.4 Å². The highest BCUT2D eigenvalue weighted by Gasteiger charge is 2.24. The van der Waals surface area contributed by atoms with E-state index in [2.05, 4.69) is 0 Å². The Labute approximate surface area is 117 Å². The molecule has 0 radical (unpaired) electrons. The summed E-state index contributed by atoms with van der Waals surface area (Å²) in [6.07, 6.45) is 3.01. The lowest BCUT2D eigenvalue weighted by molar-refractivity contribution is 0.0900. The molecule has 108 valence electrons. The highest BCUT2D eigenvalue weighted by molar-refractivity contribution is 5.74. The number of hydrogen-bond acceptors (Lipinski definition) is 4. The second-order valence-electron chi connectivity index (χ2n) is 5.32. The smallest absolute Gasteiger partial charge is 0.408 e. The number of aromatic nitrogens is 1. The van der Waals surface area contributed by atoms with Crippen molar-refractivity contribution in [3.05, 3.63) is 34.3 Å². The Morgan fingerprint density at radius 1 is 1.50 bits per heavy atom. The molecule has 2 N–H and O–H groups in total. The third-order valence-electron chi connectivity index (χ3n) is 3.89. The third-order valence-corrected chi connectivity index (χ3v) is 3.89. The van der Waals surface area contributed by atoms with E-state index >= 15 is 0 Å². The van der Waals surface area contributed by atoms with E-state index in [1.54, 1.807) is 4.57 Å². The summed E-state index contributed by atoms with van der Waals surface area (Å²) in [6.45, 7) is 3.48. The molecular formula is C15H20N2O3. The topological polar surface area (TPSA) is 70.4 Å². The molecule has 2 heterocycles. The zero-order chi connectivity index (χ0) is 14.1. The van der Waals surface area contributed by atoms with E-state index in [1.165, 1.54) is 0 Å². The molecule has 1 aromatic carbocycles. The number of hydrogen-bond donors (Lipinski definition) is 1. The first-order valence-corrected chi connectivity index (χ1v) is 7.21. The van der Waals surface area contributed by atoms with Crippen molar-refractivity contribution < 1.29 is 9.15 Å². The monoisotopic (exact) mass is 276 g/mol. The fourth-order valence-corrected chi connectivity index (χ4v) is 2.83. The van der Waals surface area contributed by atoms with Crippen LogP contribution in [0.25, 0.3) is 11.1 Å². The summed E-state index contributed by atoms with van der Waals surface area (Å²) in [5.41, 5.74) is 8.64. The molecule has 0 saturated carbocycles. The summed E-state index contributed by atoms with van der Waals surface area (Å²) >= 11 is 0. The van der Waals surface area contributed by atoms with Gasteiger partial charge in [0.2, 0.25) is 0 Å². The summed E-state index contributed by atoms with van der Waals surface area (Å²) in [7, 11) is 0. The number of benzene rings is 1. The van der Waals surface area contributed by atoms with Gasteiger partial charge in [0.05, 0.1) is 17.7 Å². The van der Waals surface area contributed by atoms with Gasteiger partial charge in [-0.05, 0) is 37.0 Å². The number of oxazole rings is 1. The molecular weight excluding hydrogens is 256 g/mol. The van der Waals surface area contributed by atoms with Crippen LogP contribution in [-0.4, -0.2) is 17.3 Å². The highest BCUT2D eigenvalue weighted by atomic mass is 16.5. The average Bonchev–Trinajstić information content (AvgIpc) is 3.07. The zero-order valence-electron chi connectivity index (χ0n) is 11.7. The molecule has 1 saturated heterocycles. The SMILES string of the molecule is CCCn1c(=O)oc2cc(C(N)C3CCCO3)ccc21. The molecule has 3 rings (SSSR count). The normalized spacial score (nSPS) is 20.6. The van der Waals surface area contributed by atoms with Crippen LogP contribution in [0.4, 0.5) is 0 Å². The van der Waals surface area contributed by atoms with Gasteiger partial charge in [0.25, 0.3) is 0 Å². The molecule has 20 heavy (non-hydrogen) atoms. The Morgan fingerprint density at radius 3 is 3.05 bits per heavy atom. The maximum absolute atomic E-state index is 11.8. The minimum Gasteiger partial charge on any atom is -0.408 e. The predicted molar refractivity (Wildman–Crippen MR) is 76.7 cm³/mol. The Balaban J connectivity index is 1.96. The Hall–Kier alpha value is -1.59. The molecule has 0 bridgehead atoms. The lowest BCUT2D eigenvalue weighted by Gasteiger charge is -2.18. The van der Waals surface area contributed by atoms with Crippen molar-refractivity contribution in [3.8, 4) is 0 Å². The van der Waals surface area contributed by atoms with Crippen molar-refractivity contribution in [2.45, 2.75) is 44.9 Å². The quantitative estimate of drug-likeness (QED) is 0.929. The molecule has 5 heteroatoms. The minimum absolute atomic E-state index is 0.0666. The van der Waals surface area contributed by atoms with E-state index in [1.807, 2.05) is 25.1 Å². The van der Waals surface area contributed by atoms with Gasteiger partial charge in [-0.2, -0.15) is 0 Å². The van der Waals surface area contributed by atoms with Crippen molar-refractivity contribution in [2.24, 2.45) is 5.73 Å². The Morgan fingerprint density at radius 2 is 2.35 bits per heavy atom. The fourth-order valence-electron chi connectivity index (χ4n) is 2.83. The lowest BCUT2D eigenvalue weighted by Crippen LogP contribution is -2.25. The van der Waals surface area contributed by atoms with Gasteiger partial charge in [-0.3, -0.25) is 4.57 Å². The first-order chi connectivity index (χ1) is 9.70. The average molecular weight is 276 g/mol. The molecule has 2 atom stereocenters. The Bertz CT molecular complexity index is 653. The maximum Gasteiger partial charge on any atom is 0.419 e. The van der Waals surface area contributed by atoms with Gasteiger partial charge < -0.3 is 14.9 Å². The summed E-state index contributed by atoms with van der Waals surface area (Å²) in [6, 6.07) is 5.59. The van der Waals surface area contributed by atoms with Crippen LogP contribution in [0.1, 0.15) is 37.8 Å². The van der Waals surface area contributed by atoms with Crippen LogP contribution < -0.4 is 11.5 Å². The number of nitrogens with zero attached hydrogens (tertiary/aromatic N) is 1. The number of aryl methyl sites for hydroxylation is 1. The van der Waals surface area contributed by atoms with Gasteiger partial charge in [0, 0.05) is 13.2 Å². The van der Waals surface area contributed by atoms with Crippen molar-refractivity contribution in [3.63, 3.8) is 0 Å². The maximum atomic E-state index is 11.8. The molecule has 1 aliphatic rings. The number of fused-ring (bicyclic) bond motifs is 1. The molecule has 1 aromatic heterocycles. The van der Waals surface area contributed by atoms with E-state index in [0.29, 0.717) is 12.1 Å². The van der Waals surface area contributed by atoms with Crippen LogP contribution in [0.3, 0.4) is 0 Å². The zero-order valence-corrected chi connectivity index (χ0v) is 11.7. The van der Waals surface area contributed by atoms with Crippen LogP contribution >= 0.6 is 0 Å². The third kappa shape index (κ3) is 2.27. The highest BCUT2D eigenvalue weighted by Crippen LogP contribution is 2.27. The molecule has 2 aromatic rings. The molecule has 1 aliphatic heterocycles. The van der Waals surface area contributed by atoms with Gasteiger partial charge in [-0.1, -0.05) is 13.0 Å². The standard InChI is InChI=1S/C15H20N2O3/c1-2-7-17-11-6-5-10(9-13(11)20-15(17)18)14(16)12-4-3-8-19-12/h5-6,9,12,14H,2-4,7-8,16H2,1H3. The van der Waals surface area contributed by atoms with Crippen LogP contribution in [0, 0.1) is 0 Å². The van der Waals surface area contributed by atoms with E-state index in [4.69, 9.17) is 14.9 Å². The van der Waals surface area contributed by atoms with Crippen LogP contribution in [0.5, 0.6) is 0 Å². The fraction of sp³-hybridized carbons (Fsp3) is 0.533. The van der Waals surface area contributed by atoms with Gasteiger partial charge in [-0.15, -0.1) is 0 Å². The molecule has 5 nitrogen and oxygen atoms in total. The summed E-state index contributed by atoms with van der Waals surface area (Å²) in [5, 5.41) is 0. The molecule has 2 unspecified atom stereocenters. The minimum atomic E-state index is -0.301. The van der Waals surface area contributed by atoms with Gasteiger partial charge in [0.1, 0.15) is 0 Å². The lowest BCUT2D eigenvalue weighted by atomic mass is 10.00. The number of ether oxygens (including phenoxy) is 1. The summed E-state index contributed by atoms with van der Waals surface area (Å²) in [4.78, 5) is 11.8. The van der Waals surface area contributed by atoms with Gasteiger partial charge in [-0.25, -0.2) is 4.79 Å². The van der Waals surface area contributed by atoms with Crippen molar-refractivity contribution >= 4 is 11.1 Å². The summed E-state index contributed by atoms with van der Waals surface area (Å²) < 4.78 is 12.6. The molecule has 1 fully saturated rings. The second-order valence-corrected chi connectivity index (χ2v) is 5.32. The number of nitrogens with two attached hydrogens (primary N) is 1. The summed E-state index contributed by atoms with van der Waals surface area (Å²) in [5.74, 6) is -0.301. The molecule has 0 amide bonds. The largest absolute Gasteiger partial charge is 0.419 e. The number of rotatable bonds is 4. The predicted octanol–water partition coefficient (Wildman–Crippen LogP) is 2.18. The van der Waals surface area contributed by atoms with Crippen molar-refractivity contribution in [1.82, 2.24) is 4.57 Å². The van der Waals surface area contributed by atoms with Gasteiger partial charge >= 0.3 is 5.76 Å². The van der Waals surface area contributed by atoms with E-state index in [9.17, 15) is 4.79 Å². The van der Waals surface area contributed by atoms with Crippen LogP contribution in [-0.2, 0) is 11.3 Å². The molecule has 0 spiro atoms. The molecule has 0 aliphatic carbocycles. The van der Waals surface area contributed by atoms with Gasteiger partial charge in [0.15, 0.2) is 5.58 Å². The second kappa shape index (κ2) is 5.42. The van der Waals surface area contributed by atoms with E-state index in [0.717, 1.165) is 36.9 Å². The van der Waals surface area contributed by atoms with E-state index in [-0.39, 0.29) is 17.9 Å². The van der Waals surface area contributed by atoms with Crippen molar-refractivity contribution in [2.75, 3.05) is 6.61 Å². The van der Waals surface area contributed by atoms with Crippen molar-refractivity contribution in [1.29, 1.82) is 0 Å². The first-order valence-electron chi connectivity index (χ1n) is 7.21. The van der Waals surface area contributed by atoms with Crippen LogP contribution in [0.2, 0.25) is 0 Å².